The van der Waals surface area contributed by atoms with Gasteiger partial charge in [-0.05, 0) is 29.8 Å². The van der Waals surface area contributed by atoms with Gasteiger partial charge in [0.1, 0.15) is 17.1 Å². The van der Waals surface area contributed by atoms with Crippen LogP contribution in [0.2, 0.25) is 10.0 Å². The molecule has 4 aromatic rings. The normalized spacial score (nSPS) is 17.1. The highest BCUT2D eigenvalue weighted by atomic mass is 35.5. The predicted molar refractivity (Wildman–Crippen MR) is 125 cm³/mol. The van der Waals surface area contributed by atoms with E-state index >= 15 is 0 Å². The van der Waals surface area contributed by atoms with E-state index in [2.05, 4.69) is 20.5 Å². The standard InChI is InChI=1S/C23H18Cl2N6O/c24-15-7-5-14(6-8-15)19-20(16-3-1-2-4-17(16)25)29-31-18(9-10-26-21(19)31)30-11-23(12-30)22(32)27-13-28-23/h1-10,28H,11-13H2,(H,27,32). The lowest BCUT2D eigenvalue weighted by atomic mass is 9.90. The number of nitrogens with zero attached hydrogens (tertiary/aromatic N) is 4. The Morgan fingerprint density at radius 1 is 1.00 bits per heavy atom. The maximum absolute atomic E-state index is 12.3. The van der Waals surface area contributed by atoms with Crippen molar-refractivity contribution < 1.29 is 4.79 Å². The number of rotatable bonds is 3. The average molecular weight is 465 g/mol. The Bertz CT molecular complexity index is 1360. The summed E-state index contributed by atoms with van der Waals surface area (Å²) in [4.78, 5) is 19.0. The summed E-state index contributed by atoms with van der Waals surface area (Å²) in [5.74, 6) is 0.911. The number of anilines is 1. The number of hydrogen-bond donors (Lipinski definition) is 2. The first-order valence-corrected chi connectivity index (χ1v) is 11.0. The molecule has 0 atom stereocenters. The maximum Gasteiger partial charge on any atom is 0.245 e. The van der Waals surface area contributed by atoms with Crippen LogP contribution in [0.4, 0.5) is 5.82 Å². The Hall–Kier alpha value is -3.13. The van der Waals surface area contributed by atoms with Gasteiger partial charge in [-0.2, -0.15) is 9.61 Å². The van der Waals surface area contributed by atoms with Crippen molar-refractivity contribution in [3.05, 3.63) is 70.8 Å². The molecule has 7 nitrogen and oxygen atoms in total. The van der Waals surface area contributed by atoms with Gasteiger partial charge in [-0.15, -0.1) is 0 Å². The molecule has 4 heterocycles. The molecule has 6 rings (SSSR count). The van der Waals surface area contributed by atoms with Gasteiger partial charge in [-0.1, -0.05) is 53.5 Å². The first kappa shape index (κ1) is 19.5. The van der Waals surface area contributed by atoms with E-state index in [1.54, 1.807) is 6.20 Å². The van der Waals surface area contributed by atoms with E-state index in [1.807, 2.05) is 59.1 Å². The second-order valence-corrected chi connectivity index (χ2v) is 8.89. The lowest BCUT2D eigenvalue weighted by Crippen LogP contribution is -2.71. The largest absolute Gasteiger partial charge is 0.352 e. The number of carbonyl (C=O) groups is 1. The van der Waals surface area contributed by atoms with Gasteiger partial charge in [0.2, 0.25) is 5.91 Å². The van der Waals surface area contributed by atoms with Crippen LogP contribution in [0.15, 0.2) is 60.8 Å². The average Bonchev–Trinajstić information content (AvgIpc) is 3.34. The van der Waals surface area contributed by atoms with Gasteiger partial charge >= 0.3 is 0 Å². The number of amides is 1. The first-order valence-electron chi connectivity index (χ1n) is 10.2. The molecule has 1 spiro atoms. The van der Waals surface area contributed by atoms with Gasteiger partial charge in [0.25, 0.3) is 0 Å². The fourth-order valence-electron chi connectivity index (χ4n) is 4.46. The highest BCUT2D eigenvalue weighted by molar-refractivity contribution is 6.33. The first-order chi connectivity index (χ1) is 15.6. The third-order valence-electron chi connectivity index (χ3n) is 6.12. The lowest BCUT2D eigenvalue weighted by Gasteiger charge is -2.46. The monoisotopic (exact) mass is 464 g/mol. The number of carbonyl (C=O) groups excluding carboxylic acids is 1. The van der Waals surface area contributed by atoms with E-state index in [0.717, 1.165) is 28.2 Å². The zero-order valence-corrected chi connectivity index (χ0v) is 18.4. The zero-order valence-electron chi connectivity index (χ0n) is 16.8. The minimum Gasteiger partial charge on any atom is -0.352 e. The molecule has 1 amide bonds. The van der Waals surface area contributed by atoms with Gasteiger partial charge in [0, 0.05) is 29.9 Å². The smallest absolute Gasteiger partial charge is 0.245 e. The Morgan fingerprint density at radius 2 is 1.78 bits per heavy atom. The molecule has 0 bridgehead atoms. The van der Waals surface area contributed by atoms with Crippen LogP contribution >= 0.6 is 23.2 Å². The molecule has 2 saturated heterocycles. The molecule has 0 saturated carbocycles. The van der Waals surface area contributed by atoms with Gasteiger partial charge < -0.3 is 10.2 Å². The van der Waals surface area contributed by atoms with Gasteiger partial charge in [0.15, 0.2) is 5.65 Å². The van der Waals surface area contributed by atoms with Crippen LogP contribution in [-0.4, -0.2) is 45.8 Å². The van der Waals surface area contributed by atoms with Crippen molar-refractivity contribution in [1.82, 2.24) is 25.2 Å². The molecule has 32 heavy (non-hydrogen) atoms. The molecule has 2 aliphatic rings. The van der Waals surface area contributed by atoms with Crippen LogP contribution in [0.3, 0.4) is 0 Å². The Kier molecular flexibility index (Phi) is 4.40. The summed E-state index contributed by atoms with van der Waals surface area (Å²) in [6.07, 6.45) is 1.77. The number of fused-ring (bicyclic) bond motifs is 1. The second-order valence-electron chi connectivity index (χ2n) is 8.05. The van der Waals surface area contributed by atoms with Crippen molar-refractivity contribution in [2.24, 2.45) is 0 Å². The fourth-order valence-corrected chi connectivity index (χ4v) is 4.81. The van der Waals surface area contributed by atoms with Crippen molar-refractivity contribution in [2.45, 2.75) is 5.54 Å². The van der Waals surface area contributed by atoms with Crippen molar-refractivity contribution in [3.8, 4) is 22.4 Å². The Morgan fingerprint density at radius 3 is 2.50 bits per heavy atom. The fraction of sp³-hybridized carbons (Fsp3) is 0.174. The highest BCUT2D eigenvalue weighted by Gasteiger charge is 2.52. The maximum atomic E-state index is 12.3. The molecular formula is C23H18Cl2N6O. The second kappa shape index (κ2) is 7.20. The van der Waals surface area contributed by atoms with E-state index in [-0.39, 0.29) is 5.91 Å². The summed E-state index contributed by atoms with van der Waals surface area (Å²) in [6, 6.07) is 17.2. The van der Waals surface area contributed by atoms with Crippen LogP contribution in [0.5, 0.6) is 0 Å². The van der Waals surface area contributed by atoms with Gasteiger partial charge in [-0.25, -0.2) is 4.98 Å². The SMILES string of the molecule is O=C1NCNC12CN(c1ccnc3c(-c4ccc(Cl)cc4)c(-c4ccccc4Cl)nn13)C2. The van der Waals surface area contributed by atoms with E-state index in [4.69, 9.17) is 28.3 Å². The van der Waals surface area contributed by atoms with E-state index in [0.29, 0.717) is 35.5 Å². The quantitative estimate of drug-likeness (QED) is 0.484. The highest BCUT2D eigenvalue weighted by Crippen LogP contribution is 2.39. The third kappa shape index (κ3) is 2.89. The van der Waals surface area contributed by atoms with E-state index < -0.39 is 5.54 Å². The molecule has 9 heteroatoms. The molecule has 0 unspecified atom stereocenters. The number of halogens is 2. The lowest BCUT2D eigenvalue weighted by molar-refractivity contribution is -0.124. The van der Waals surface area contributed by atoms with E-state index in [1.165, 1.54) is 0 Å². The van der Waals surface area contributed by atoms with Crippen LogP contribution in [0.25, 0.3) is 28.0 Å². The van der Waals surface area contributed by atoms with Crippen molar-refractivity contribution in [2.75, 3.05) is 24.7 Å². The van der Waals surface area contributed by atoms with Crippen LogP contribution in [-0.2, 0) is 4.79 Å². The van der Waals surface area contributed by atoms with Gasteiger partial charge in [0.05, 0.1) is 17.3 Å². The zero-order chi connectivity index (χ0) is 21.9. The summed E-state index contributed by atoms with van der Waals surface area (Å²) in [7, 11) is 0. The van der Waals surface area contributed by atoms with Crippen molar-refractivity contribution in [1.29, 1.82) is 0 Å². The molecular weight excluding hydrogens is 447 g/mol. The minimum atomic E-state index is -0.534. The van der Waals surface area contributed by atoms with Crippen LogP contribution < -0.4 is 15.5 Å². The number of hydrogen-bond acceptors (Lipinski definition) is 5. The predicted octanol–water partition coefficient (Wildman–Crippen LogP) is 3.61. The van der Waals surface area contributed by atoms with E-state index in [9.17, 15) is 4.79 Å². The summed E-state index contributed by atoms with van der Waals surface area (Å²) in [5.41, 5.74) is 3.57. The minimum absolute atomic E-state index is 0.0399. The van der Waals surface area contributed by atoms with Crippen molar-refractivity contribution >= 4 is 40.6 Å². The topological polar surface area (TPSA) is 74.6 Å². The number of nitrogens with one attached hydrogen (secondary N) is 2. The summed E-state index contributed by atoms with van der Waals surface area (Å²) in [5, 5.41) is 12.3. The van der Waals surface area contributed by atoms with Gasteiger partial charge in [-0.3, -0.25) is 10.1 Å². The number of aromatic nitrogens is 3. The summed E-state index contributed by atoms with van der Waals surface area (Å²) < 4.78 is 1.84. The molecule has 160 valence electrons. The molecule has 0 aliphatic carbocycles. The molecule has 0 radical (unpaired) electrons. The molecule has 2 aliphatic heterocycles. The summed E-state index contributed by atoms with van der Waals surface area (Å²) >= 11 is 12.7. The summed E-state index contributed by atoms with van der Waals surface area (Å²) in [6.45, 7) is 1.63. The molecule has 2 N–H and O–H groups in total. The van der Waals surface area contributed by atoms with Crippen LogP contribution in [0.1, 0.15) is 0 Å². The molecule has 2 aromatic carbocycles. The van der Waals surface area contributed by atoms with Crippen molar-refractivity contribution in [3.63, 3.8) is 0 Å². The third-order valence-corrected chi connectivity index (χ3v) is 6.70. The molecule has 2 aromatic heterocycles. The number of benzene rings is 2. The Labute approximate surface area is 194 Å². The molecule has 2 fully saturated rings. The Balaban J connectivity index is 1.53. The van der Waals surface area contributed by atoms with Crippen LogP contribution in [0, 0.1) is 0 Å².